The molecule has 0 heterocycles. The van der Waals surface area contributed by atoms with Crippen molar-refractivity contribution in [3.05, 3.63) is 64.7 Å². The van der Waals surface area contributed by atoms with Gasteiger partial charge >= 0.3 is 0 Å². The van der Waals surface area contributed by atoms with E-state index in [1.54, 1.807) is 7.05 Å². The van der Waals surface area contributed by atoms with Crippen LogP contribution in [0.3, 0.4) is 0 Å². The Labute approximate surface area is 199 Å². The summed E-state index contributed by atoms with van der Waals surface area (Å²) in [6.45, 7) is 1.41. The van der Waals surface area contributed by atoms with Gasteiger partial charge in [-0.2, -0.15) is 0 Å². The van der Waals surface area contributed by atoms with Crippen molar-refractivity contribution in [2.45, 2.75) is 31.8 Å². The fourth-order valence-corrected chi connectivity index (χ4v) is 2.90. The summed E-state index contributed by atoms with van der Waals surface area (Å²) in [7, 11) is 1.75. The lowest BCUT2D eigenvalue weighted by Gasteiger charge is -2.13. The van der Waals surface area contributed by atoms with Gasteiger partial charge < -0.3 is 20.7 Å². The summed E-state index contributed by atoms with van der Waals surface area (Å²) in [5.41, 5.74) is 2.26. The van der Waals surface area contributed by atoms with Gasteiger partial charge in [0.2, 0.25) is 0 Å². The zero-order valence-corrected chi connectivity index (χ0v) is 20.1. The monoisotopic (exact) mass is 542 g/mol. The number of carbonyl (C=O) groups excluding carboxylic acids is 1. The van der Waals surface area contributed by atoms with E-state index in [9.17, 15) is 4.79 Å². The van der Waals surface area contributed by atoms with Gasteiger partial charge in [0.25, 0.3) is 5.91 Å². The van der Waals surface area contributed by atoms with Crippen molar-refractivity contribution in [1.29, 1.82) is 0 Å². The molecule has 162 valence electrons. The Morgan fingerprint density at radius 2 is 1.90 bits per heavy atom. The number of nitrogens with zero attached hydrogens (tertiary/aromatic N) is 1. The average Bonchev–Trinajstić information content (AvgIpc) is 3.54. The minimum Gasteiger partial charge on any atom is -0.484 e. The Morgan fingerprint density at radius 3 is 2.60 bits per heavy atom. The van der Waals surface area contributed by atoms with Crippen molar-refractivity contribution in [1.82, 2.24) is 16.0 Å². The minimum absolute atomic E-state index is 0. The van der Waals surface area contributed by atoms with Crippen molar-refractivity contribution in [3.63, 3.8) is 0 Å². The molecule has 0 aromatic heterocycles. The predicted molar refractivity (Wildman–Crippen MR) is 132 cm³/mol. The number of halogens is 2. The molecule has 6 nitrogen and oxygen atoms in total. The Hall–Kier alpha value is -2.00. The highest BCUT2D eigenvalue weighted by Crippen LogP contribution is 2.18. The third-order valence-electron chi connectivity index (χ3n) is 4.51. The second-order valence-corrected chi connectivity index (χ2v) is 7.44. The molecule has 8 heteroatoms. The van der Waals surface area contributed by atoms with E-state index in [4.69, 9.17) is 16.3 Å². The van der Waals surface area contributed by atoms with E-state index in [0.29, 0.717) is 18.3 Å². The lowest BCUT2D eigenvalue weighted by Crippen LogP contribution is -2.37. The van der Waals surface area contributed by atoms with Crippen molar-refractivity contribution in [2.24, 2.45) is 4.99 Å². The summed E-state index contributed by atoms with van der Waals surface area (Å²) in [5, 5.41) is 10.3. The zero-order chi connectivity index (χ0) is 20.5. The molecule has 0 atom stereocenters. The molecule has 2 aromatic carbocycles. The molecule has 1 amide bonds. The average molecular weight is 543 g/mol. The lowest BCUT2D eigenvalue weighted by molar-refractivity contribution is -0.123. The molecule has 0 radical (unpaired) electrons. The highest BCUT2D eigenvalue weighted by Gasteiger charge is 2.23. The number of guanidine groups is 1. The molecular formula is C22H28ClIN4O2. The number of hydrogen-bond donors (Lipinski definition) is 3. The number of aliphatic imine (C=N–C) groups is 1. The highest BCUT2D eigenvalue weighted by atomic mass is 127. The van der Waals surface area contributed by atoms with Gasteiger partial charge in [-0.3, -0.25) is 9.79 Å². The van der Waals surface area contributed by atoms with Crippen molar-refractivity contribution in [2.75, 3.05) is 20.2 Å². The van der Waals surface area contributed by atoms with Crippen LogP contribution < -0.4 is 20.7 Å². The smallest absolute Gasteiger partial charge is 0.258 e. The molecule has 2 aromatic rings. The Morgan fingerprint density at radius 1 is 1.13 bits per heavy atom. The van der Waals surface area contributed by atoms with Crippen LogP contribution in [0, 0.1) is 0 Å². The second-order valence-electron chi connectivity index (χ2n) is 7.01. The summed E-state index contributed by atoms with van der Waals surface area (Å²) < 4.78 is 5.60. The van der Waals surface area contributed by atoms with Crippen LogP contribution in [0.4, 0.5) is 0 Å². The maximum Gasteiger partial charge on any atom is 0.258 e. The van der Waals surface area contributed by atoms with E-state index < -0.39 is 0 Å². The van der Waals surface area contributed by atoms with Crippen LogP contribution in [0.15, 0.2) is 53.5 Å². The fraction of sp³-hybridized carbons (Fsp3) is 0.364. The summed E-state index contributed by atoms with van der Waals surface area (Å²) in [4.78, 5) is 16.0. The maximum atomic E-state index is 11.7. The molecule has 0 spiro atoms. The van der Waals surface area contributed by atoms with Crippen LogP contribution in [-0.4, -0.2) is 38.1 Å². The third-order valence-corrected chi connectivity index (χ3v) is 4.77. The molecule has 3 N–H and O–H groups in total. The van der Waals surface area contributed by atoms with Crippen LogP contribution in [-0.2, 0) is 17.8 Å². The molecule has 0 bridgehead atoms. The molecular weight excluding hydrogens is 515 g/mol. The van der Waals surface area contributed by atoms with E-state index in [-0.39, 0.29) is 36.5 Å². The molecule has 0 unspecified atom stereocenters. The topological polar surface area (TPSA) is 74.8 Å². The molecule has 1 saturated carbocycles. The summed E-state index contributed by atoms with van der Waals surface area (Å²) in [6.07, 6.45) is 3.02. The second kappa shape index (κ2) is 12.6. The maximum absolute atomic E-state index is 11.7. The number of nitrogens with one attached hydrogen (secondary N) is 3. The molecule has 30 heavy (non-hydrogen) atoms. The van der Waals surface area contributed by atoms with Gasteiger partial charge in [-0.15, -0.1) is 24.0 Å². The van der Waals surface area contributed by atoms with Crippen LogP contribution in [0.2, 0.25) is 5.02 Å². The molecule has 1 aliphatic rings. The van der Waals surface area contributed by atoms with E-state index in [1.165, 1.54) is 5.56 Å². The van der Waals surface area contributed by atoms with Crippen LogP contribution in [0.1, 0.15) is 24.0 Å². The minimum atomic E-state index is -0.0682. The van der Waals surface area contributed by atoms with Gasteiger partial charge in [0.15, 0.2) is 12.6 Å². The van der Waals surface area contributed by atoms with Crippen molar-refractivity contribution >= 4 is 47.4 Å². The normalized spacial score (nSPS) is 13.2. The van der Waals surface area contributed by atoms with Gasteiger partial charge in [-0.25, -0.2) is 0 Å². The van der Waals surface area contributed by atoms with E-state index >= 15 is 0 Å². The Balaban J connectivity index is 0.00000320. The number of carbonyl (C=O) groups is 1. The molecule has 1 fully saturated rings. The SMILES string of the molecule is CN=C(NCCc1ccc(Cl)cc1)NCc1cccc(OCC(=O)NC2CC2)c1.I. The molecule has 1 aliphatic carbocycles. The van der Waals surface area contributed by atoms with Crippen LogP contribution >= 0.6 is 35.6 Å². The number of rotatable bonds is 9. The van der Waals surface area contributed by atoms with Crippen LogP contribution in [0.5, 0.6) is 5.75 Å². The number of ether oxygens (including phenoxy) is 1. The van der Waals surface area contributed by atoms with Gasteiger partial charge in [-0.1, -0.05) is 35.9 Å². The number of benzene rings is 2. The van der Waals surface area contributed by atoms with Crippen molar-refractivity contribution in [3.8, 4) is 5.75 Å². The third kappa shape index (κ3) is 8.79. The summed E-state index contributed by atoms with van der Waals surface area (Å²) in [6, 6.07) is 15.9. The van der Waals surface area contributed by atoms with E-state index in [2.05, 4.69) is 20.9 Å². The standard InChI is InChI=1S/C22H27ClN4O2.HI/c1-24-22(25-12-11-16-5-7-18(23)8-6-16)26-14-17-3-2-4-20(13-17)29-15-21(28)27-19-9-10-19;/h2-8,13,19H,9-12,14-15H2,1H3,(H,27,28)(H2,24,25,26);1H. The van der Waals surface area contributed by atoms with Gasteiger partial charge in [0.05, 0.1) is 0 Å². The highest BCUT2D eigenvalue weighted by molar-refractivity contribution is 14.0. The van der Waals surface area contributed by atoms with Crippen molar-refractivity contribution < 1.29 is 9.53 Å². The Bertz CT molecular complexity index is 841. The molecule has 0 aliphatic heterocycles. The van der Waals surface area contributed by atoms with Crippen LogP contribution in [0.25, 0.3) is 0 Å². The zero-order valence-electron chi connectivity index (χ0n) is 17.0. The molecule has 3 rings (SSSR count). The molecule has 0 saturated heterocycles. The lowest BCUT2D eigenvalue weighted by atomic mass is 10.1. The first-order chi connectivity index (χ1) is 14.1. The largest absolute Gasteiger partial charge is 0.484 e. The fourth-order valence-electron chi connectivity index (χ4n) is 2.77. The van der Waals surface area contributed by atoms with Gasteiger partial charge in [-0.05, 0) is 54.7 Å². The number of amides is 1. The van der Waals surface area contributed by atoms with E-state index in [1.807, 2.05) is 48.5 Å². The first kappa shape index (κ1) is 24.3. The quantitative estimate of drug-likeness (QED) is 0.258. The van der Waals surface area contributed by atoms with E-state index in [0.717, 1.165) is 42.4 Å². The first-order valence-electron chi connectivity index (χ1n) is 9.82. The Kier molecular flexibility index (Phi) is 10.2. The predicted octanol–water partition coefficient (Wildman–Crippen LogP) is 3.52. The summed E-state index contributed by atoms with van der Waals surface area (Å²) in [5.74, 6) is 1.34. The van der Waals surface area contributed by atoms with Gasteiger partial charge in [0.1, 0.15) is 5.75 Å². The first-order valence-corrected chi connectivity index (χ1v) is 10.2. The van der Waals surface area contributed by atoms with Gasteiger partial charge in [0, 0.05) is 31.2 Å². The number of hydrogen-bond acceptors (Lipinski definition) is 3. The summed E-state index contributed by atoms with van der Waals surface area (Å²) >= 11 is 5.91.